The Balaban J connectivity index is 0.00000400. The van der Waals surface area contributed by atoms with Crippen molar-refractivity contribution >= 4 is 29.9 Å². The van der Waals surface area contributed by atoms with Crippen molar-refractivity contribution in [3.63, 3.8) is 0 Å². The van der Waals surface area contributed by atoms with E-state index in [1.807, 2.05) is 7.05 Å². The van der Waals surface area contributed by atoms with Crippen LogP contribution in [-0.4, -0.2) is 62.3 Å². The number of guanidine groups is 1. The largest absolute Gasteiger partial charge is 0.373 e. The quantitative estimate of drug-likeness (QED) is 0.382. The minimum absolute atomic E-state index is 0. The van der Waals surface area contributed by atoms with Crippen molar-refractivity contribution in [2.24, 2.45) is 4.99 Å². The third-order valence-corrected chi connectivity index (χ3v) is 4.15. The molecular weight excluding hydrogens is 379 g/mol. The Morgan fingerprint density at radius 1 is 1.33 bits per heavy atom. The van der Waals surface area contributed by atoms with E-state index in [2.05, 4.69) is 48.2 Å². The van der Waals surface area contributed by atoms with Gasteiger partial charge in [0.05, 0.1) is 5.60 Å². The molecule has 5 nitrogen and oxygen atoms in total. The summed E-state index contributed by atoms with van der Waals surface area (Å²) in [6.45, 7) is 13.6. The number of hydrogen-bond donors (Lipinski definition) is 2. The van der Waals surface area contributed by atoms with E-state index in [1.54, 1.807) is 0 Å². The Morgan fingerprint density at radius 3 is 2.48 bits per heavy atom. The number of nitrogens with one attached hydrogen (secondary N) is 2. The van der Waals surface area contributed by atoms with Crippen molar-refractivity contribution in [2.45, 2.75) is 52.2 Å². The van der Waals surface area contributed by atoms with Crippen LogP contribution in [0.25, 0.3) is 0 Å². The predicted octanol–water partition coefficient (Wildman–Crippen LogP) is 2.07. The first-order chi connectivity index (χ1) is 9.54. The molecule has 0 spiro atoms. The molecular formula is C15H33IN4O. The van der Waals surface area contributed by atoms with Crippen LogP contribution in [0.15, 0.2) is 4.99 Å². The highest BCUT2D eigenvalue weighted by atomic mass is 127. The van der Waals surface area contributed by atoms with Gasteiger partial charge in [-0.15, -0.1) is 24.0 Å². The molecule has 1 fully saturated rings. The molecule has 2 atom stereocenters. The van der Waals surface area contributed by atoms with Gasteiger partial charge in [-0.25, -0.2) is 0 Å². The monoisotopic (exact) mass is 412 g/mol. The van der Waals surface area contributed by atoms with Gasteiger partial charge in [-0.1, -0.05) is 13.8 Å². The summed E-state index contributed by atoms with van der Waals surface area (Å²) in [6.07, 6.45) is 2.27. The Hall–Kier alpha value is -0.0800. The molecule has 0 aromatic heterocycles. The summed E-state index contributed by atoms with van der Waals surface area (Å²) in [6, 6.07) is 0.502. The second kappa shape index (κ2) is 10.6. The standard InChI is InChI=1S/C15H32N4O.HI/c1-6-19(7-2)13(3)11-17-14(16-5)18-12-15(4)9-8-10-20-15;/h13H,6-12H2,1-5H3,(H2,16,17,18);1H. The highest BCUT2D eigenvalue weighted by Crippen LogP contribution is 2.23. The zero-order valence-electron chi connectivity index (χ0n) is 14.2. The fourth-order valence-electron chi connectivity index (χ4n) is 2.69. The first-order valence-corrected chi connectivity index (χ1v) is 7.87. The molecule has 0 aromatic carbocycles. The summed E-state index contributed by atoms with van der Waals surface area (Å²) in [5, 5.41) is 6.78. The van der Waals surface area contributed by atoms with Gasteiger partial charge in [-0.3, -0.25) is 9.89 Å². The highest BCUT2D eigenvalue weighted by molar-refractivity contribution is 14.0. The summed E-state index contributed by atoms with van der Waals surface area (Å²) in [5.41, 5.74) is -0.0396. The average molecular weight is 412 g/mol. The zero-order chi connectivity index (χ0) is 15.0. The minimum atomic E-state index is -0.0396. The van der Waals surface area contributed by atoms with Gasteiger partial charge in [0.25, 0.3) is 0 Å². The molecule has 1 aliphatic rings. The predicted molar refractivity (Wildman–Crippen MR) is 101 cm³/mol. The van der Waals surface area contributed by atoms with Crippen LogP contribution in [0.2, 0.25) is 0 Å². The number of halogens is 1. The lowest BCUT2D eigenvalue weighted by atomic mass is 10.0. The first-order valence-electron chi connectivity index (χ1n) is 7.87. The molecule has 1 aliphatic heterocycles. The number of ether oxygens (including phenoxy) is 1. The maximum Gasteiger partial charge on any atom is 0.191 e. The molecule has 2 N–H and O–H groups in total. The van der Waals surface area contributed by atoms with Crippen molar-refractivity contribution in [3.05, 3.63) is 0 Å². The molecule has 0 bridgehead atoms. The maximum atomic E-state index is 5.78. The van der Waals surface area contributed by atoms with Gasteiger partial charge in [0.15, 0.2) is 5.96 Å². The lowest BCUT2D eigenvalue weighted by Crippen LogP contribution is -2.49. The van der Waals surface area contributed by atoms with E-state index in [0.717, 1.165) is 51.6 Å². The van der Waals surface area contributed by atoms with E-state index in [4.69, 9.17) is 4.74 Å². The van der Waals surface area contributed by atoms with E-state index in [0.29, 0.717) is 6.04 Å². The van der Waals surface area contributed by atoms with Crippen LogP contribution in [0.4, 0.5) is 0 Å². The van der Waals surface area contributed by atoms with Gasteiger partial charge in [0, 0.05) is 32.8 Å². The van der Waals surface area contributed by atoms with Gasteiger partial charge < -0.3 is 15.4 Å². The van der Waals surface area contributed by atoms with E-state index in [9.17, 15) is 0 Å². The maximum absolute atomic E-state index is 5.78. The van der Waals surface area contributed by atoms with Crippen LogP contribution >= 0.6 is 24.0 Å². The van der Waals surface area contributed by atoms with E-state index >= 15 is 0 Å². The van der Waals surface area contributed by atoms with Crippen LogP contribution in [0.5, 0.6) is 0 Å². The van der Waals surface area contributed by atoms with Crippen molar-refractivity contribution in [3.8, 4) is 0 Å². The molecule has 21 heavy (non-hydrogen) atoms. The molecule has 6 heteroatoms. The molecule has 126 valence electrons. The van der Waals surface area contributed by atoms with Gasteiger partial charge in [0.1, 0.15) is 0 Å². The van der Waals surface area contributed by atoms with Crippen LogP contribution < -0.4 is 10.6 Å². The summed E-state index contributed by atoms with van der Waals surface area (Å²) in [5.74, 6) is 0.862. The number of hydrogen-bond acceptors (Lipinski definition) is 3. The van der Waals surface area contributed by atoms with Gasteiger partial charge in [-0.05, 0) is 39.8 Å². The first kappa shape index (κ1) is 20.9. The van der Waals surface area contributed by atoms with Crippen LogP contribution in [0, 0.1) is 0 Å². The van der Waals surface area contributed by atoms with Gasteiger partial charge >= 0.3 is 0 Å². The Morgan fingerprint density at radius 2 is 2.00 bits per heavy atom. The van der Waals surface area contributed by atoms with E-state index in [1.165, 1.54) is 0 Å². The minimum Gasteiger partial charge on any atom is -0.373 e. The average Bonchev–Trinajstić information content (AvgIpc) is 2.87. The van der Waals surface area contributed by atoms with E-state index in [-0.39, 0.29) is 29.6 Å². The van der Waals surface area contributed by atoms with Crippen LogP contribution in [0.3, 0.4) is 0 Å². The third kappa shape index (κ3) is 7.15. The number of nitrogens with zero attached hydrogens (tertiary/aromatic N) is 2. The summed E-state index contributed by atoms with van der Waals surface area (Å²) >= 11 is 0. The number of likely N-dealkylation sites (N-methyl/N-ethyl adjacent to an activating group) is 1. The Bertz CT molecular complexity index is 302. The molecule has 0 aliphatic carbocycles. The summed E-state index contributed by atoms with van der Waals surface area (Å²) in [4.78, 5) is 6.72. The molecule has 0 aromatic rings. The Kier molecular flexibility index (Phi) is 10.6. The van der Waals surface area contributed by atoms with Gasteiger partial charge in [-0.2, -0.15) is 0 Å². The fraction of sp³-hybridized carbons (Fsp3) is 0.933. The lowest BCUT2D eigenvalue weighted by molar-refractivity contribution is 0.0242. The SMILES string of the molecule is CCN(CC)C(C)CNC(=NC)NCC1(C)CCCO1.I. The van der Waals surface area contributed by atoms with Crippen molar-refractivity contribution in [1.29, 1.82) is 0 Å². The summed E-state index contributed by atoms with van der Waals surface area (Å²) in [7, 11) is 1.81. The second-order valence-corrected chi connectivity index (χ2v) is 5.78. The van der Waals surface area contributed by atoms with E-state index < -0.39 is 0 Å². The zero-order valence-corrected chi connectivity index (χ0v) is 16.6. The molecule has 0 radical (unpaired) electrons. The van der Waals surface area contributed by atoms with Crippen LogP contribution in [-0.2, 0) is 4.74 Å². The smallest absolute Gasteiger partial charge is 0.191 e. The Labute approximate surface area is 147 Å². The second-order valence-electron chi connectivity index (χ2n) is 5.78. The molecule has 1 saturated heterocycles. The fourth-order valence-corrected chi connectivity index (χ4v) is 2.69. The van der Waals surface area contributed by atoms with Crippen LogP contribution in [0.1, 0.15) is 40.5 Å². The lowest BCUT2D eigenvalue weighted by Gasteiger charge is -2.28. The highest BCUT2D eigenvalue weighted by Gasteiger charge is 2.29. The molecule has 1 rings (SSSR count). The van der Waals surface area contributed by atoms with Gasteiger partial charge in [0.2, 0.25) is 0 Å². The summed E-state index contributed by atoms with van der Waals surface area (Å²) < 4.78 is 5.78. The third-order valence-electron chi connectivity index (χ3n) is 4.15. The molecule has 0 amide bonds. The van der Waals surface area contributed by atoms with Crippen molar-refractivity contribution in [1.82, 2.24) is 15.5 Å². The van der Waals surface area contributed by atoms with Crippen molar-refractivity contribution in [2.75, 3.05) is 39.8 Å². The number of rotatable bonds is 7. The topological polar surface area (TPSA) is 48.9 Å². The normalized spacial score (nSPS) is 23.8. The van der Waals surface area contributed by atoms with Crippen molar-refractivity contribution < 1.29 is 4.74 Å². The molecule has 0 saturated carbocycles. The number of aliphatic imine (C=N–C) groups is 1. The molecule has 2 unspecified atom stereocenters. The molecule has 1 heterocycles.